The maximum Gasteiger partial charge on any atom is 0.350 e. The Labute approximate surface area is 220 Å². The number of amides is 3. The topological polar surface area (TPSA) is 105 Å². The monoisotopic (exact) mass is 535 g/mol. The number of esters is 1. The average Bonchev–Trinajstić information content (AvgIpc) is 3.27. The van der Waals surface area contributed by atoms with E-state index in [2.05, 4.69) is 10.6 Å². The van der Waals surface area contributed by atoms with Gasteiger partial charge in [0.1, 0.15) is 9.75 Å². The van der Waals surface area contributed by atoms with Crippen molar-refractivity contribution in [3.8, 4) is 0 Å². The molecule has 3 rings (SSSR count). The highest BCUT2D eigenvalue weighted by atomic mass is 32.1. The first-order chi connectivity index (χ1) is 17.1. The first kappa shape index (κ1) is 27.8. The molecule has 11 heteroatoms. The van der Waals surface area contributed by atoms with Crippen molar-refractivity contribution in [1.29, 1.82) is 0 Å². The molecule has 1 saturated heterocycles. The molecule has 3 amide bonds. The van der Waals surface area contributed by atoms with Crippen molar-refractivity contribution in [3.05, 3.63) is 31.6 Å². The van der Waals surface area contributed by atoms with Gasteiger partial charge in [-0.3, -0.25) is 14.4 Å². The Kier molecular flexibility index (Phi) is 9.26. The second-order valence-electron chi connectivity index (χ2n) is 9.55. The number of rotatable bonds is 8. The van der Waals surface area contributed by atoms with Gasteiger partial charge in [0.05, 0.1) is 31.6 Å². The fourth-order valence-corrected chi connectivity index (χ4v) is 6.45. The molecule has 0 aromatic carbocycles. The zero-order valence-electron chi connectivity index (χ0n) is 21.6. The molecule has 0 radical (unpaired) electrons. The van der Waals surface area contributed by atoms with Crippen LogP contribution in [-0.2, 0) is 14.3 Å². The van der Waals surface area contributed by atoms with E-state index in [-0.39, 0.29) is 30.8 Å². The van der Waals surface area contributed by atoms with Gasteiger partial charge < -0.3 is 24.8 Å². The number of ether oxygens (including phenoxy) is 1. The van der Waals surface area contributed by atoms with Crippen molar-refractivity contribution >= 4 is 57.7 Å². The van der Waals surface area contributed by atoms with Crippen molar-refractivity contribution in [2.75, 3.05) is 58.0 Å². The number of thiophene rings is 2. The Morgan fingerprint density at radius 3 is 1.81 bits per heavy atom. The van der Waals surface area contributed by atoms with Gasteiger partial charge in [0, 0.05) is 14.1 Å². The number of nitrogens with one attached hydrogen (secondary N) is 2. The highest BCUT2D eigenvalue weighted by molar-refractivity contribution is 7.13. The predicted octanol–water partition coefficient (Wildman–Crippen LogP) is 3.88. The van der Waals surface area contributed by atoms with Gasteiger partial charge in [-0.25, -0.2) is 4.79 Å². The molecule has 0 spiro atoms. The van der Waals surface area contributed by atoms with Gasteiger partial charge in [0.15, 0.2) is 13.1 Å². The summed E-state index contributed by atoms with van der Waals surface area (Å²) in [7, 11) is 4.67. The van der Waals surface area contributed by atoms with Crippen LogP contribution in [0.3, 0.4) is 0 Å². The molecule has 1 aliphatic rings. The van der Waals surface area contributed by atoms with Gasteiger partial charge in [-0.2, -0.15) is 0 Å². The summed E-state index contributed by atoms with van der Waals surface area (Å²) in [5.41, 5.74) is 2.63. The second kappa shape index (κ2) is 12.0. The lowest BCUT2D eigenvalue weighted by Crippen LogP contribution is -2.56. The summed E-state index contributed by atoms with van der Waals surface area (Å²) in [4.78, 5) is 53.6. The number of likely N-dealkylation sites (tertiary alicyclic amines) is 1. The Morgan fingerprint density at radius 1 is 0.861 bits per heavy atom. The van der Waals surface area contributed by atoms with Gasteiger partial charge in [-0.05, 0) is 61.4 Å². The van der Waals surface area contributed by atoms with Crippen molar-refractivity contribution in [2.24, 2.45) is 0 Å². The van der Waals surface area contributed by atoms with E-state index in [0.29, 0.717) is 38.7 Å². The van der Waals surface area contributed by atoms with E-state index in [1.807, 2.05) is 19.2 Å². The van der Waals surface area contributed by atoms with Gasteiger partial charge in [0.2, 0.25) is 0 Å². The van der Waals surface area contributed by atoms with Crippen LogP contribution in [0.25, 0.3) is 0 Å². The Bertz CT molecular complexity index is 1130. The number of anilines is 2. The van der Waals surface area contributed by atoms with Gasteiger partial charge in [-0.15, -0.1) is 22.7 Å². The lowest BCUT2D eigenvalue weighted by Gasteiger charge is -2.36. The van der Waals surface area contributed by atoms with Crippen LogP contribution in [0.5, 0.6) is 0 Å². The van der Waals surface area contributed by atoms with Crippen molar-refractivity contribution in [1.82, 2.24) is 4.90 Å². The maximum atomic E-state index is 13.3. The number of hydrogen-bond donors (Lipinski definition) is 2. The normalized spacial score (nSPS) is 15.0. The van der Waals surface area contributed by atoms with Crippen LogP contribution in [0.2, 0.25) is 0 Å². The summed E-state index contributed by atoms with van der Waals surface area (Å²) < 4.78 is 5.18. The number of aryl methyl sites for hydroxylation is 2. The minimum atomic E-state index is -0.490. The van der Waals surface area contributed by atoms with E-state index in [1.165, 1.54) is 34.7 Å². The molecular formula is C25H35N4O5S2+. The van der Waals surface area contributed by atoms with E-state index in [1.54, 1.807) is 19.5 Å². The van der Waals surface area contributed by atoms with Crippen LogP contribution < -0.4 is 10.6 Å². The molecule has 1 aliphatic heterocycles. The zero-order valence-corrected chi connectivity index (χ0v) is 23.2. The van der Waals surface area contributed by atoms with Crippen molar-refractivity contribution in [2.45, 2.75) is 39.5 Å². The van der Waals surface area contributed by atoms with Crippen LogP contribution in [-0.4, -0.2) is 80.5 Å². The first-order valence-electron chi connectivity index (χ1n) is 12.0. The average molecular weight is 536 g/mol. The smallest absolute Gasteiger partial charge is 0.350 e. The number of methoxy groups -OCH3 is 1. The highest BCUT2D eigenvalue weighted by Crippen LogP contribution is 2.30. The molecule has 0 saturated carbocycles. The first-order valence-corrected chi connectivity index (χ1v) is 13.7. The lowest BCUT2D eigenvalue weighted by molar-refractivity contribution is -0.912. The van der Waals surface area contributed by atoms with E-state index < -0.39 is 5.97 Å². The van der Waals surface area contributed by atoms with Crippen LogP contribution in [0.4, 0.5) is 11.4 Å². The van der Waals surface area contributed by atoms with E-state index >= 15 is 0 Å². The SMILES string of the molecule is COC(=O)c1scc(C)c1NC(=O)C[N+]1(CC(=O)Nc2c(C)csc2C(=O)N(C)C)CCCCCC1. The summed E-state index contributed by atoms with van der Waals surface area (Å²) in [6.45, 7) is 5.36. The molecule has 0 unspecified atom stereocenters. The summed E-state index contributed by atoms with van der Waals surface area (Å²) >= 11 is 2.54. The summed E-state index contributed by atoms with van der Waals surface area (Å²) in [6.07, 6.45) is 3.97. The molecule has 2 aromatic rings. The minimum Gasteiger partial charge on any atom is -0.465 e. The quantitative estimate of drug-likeness (QED) is 0.394. The molecule has 0 aliphatic carbocycles. The van der Waals surface area contributed by atoms with Crippen molar-refractivity contribution in [3.63, 3.8) is 0 Å². The molecule has 3 heterocycles. The number of carbonyl (C=O) groups is 4. The molecule has 0 bridgehead atoms. The molecule has 2 N–H and O–H groups in total. The second-order valence-corrected chi connectivity index (χ2v) is 11.3. The van der Waals surface area contributed by atoms with Crippen LogP contribution in [0.15, 0.2) is 10.8 Å². The number of carbonyl (C=O) groups excluding carboxylic acids is 4. The predicted molar refractivity (Wildman–Crippen MR) is 143 cm³/mol. The largest absolute Gasteiger partial charge is 0.465 e. The summed E-state index contributed by atoms with van der Waals surface area (Å²) in [5, 5.41) is 9.54. The molecule has 196 valence electrons. The summed E-state index contributed by atoms with van der Waals surface area (Å²) in [6, 6.07) is 0. The maximum absolute atomic E-state index is 13.3. The number of quaternary nitrogens is 1. The molecule has 9 nitrogen and oxygen atoms in total. The van der Waals surface area contributed by atoms with Crippen LogP contribution >= 0.6 is 22.7 Å². The standard InChI is InChI=1S/C25H34N4O5S2/c1-16-14-35-22(24(32)28(3)4)20(16)26-18(30)12-29(10-8-6-7-9-11-29)13-19(31)27-21-17(2)15-36-23(21)25(33)34-5/h14-15H,6-13H2,1-5H3,(H-,26,27,30,31,32,33)/p+1. The van der Waals surface area contributed by atoms with E-state index in [4.69, 9.17) is 4.74 Å². The third-order valence-electron chi connectivity index (χ3n) is 6.42. The highest BCUT2D eigenvalue weighted by Gasteiger charge is 2.35. The van der Waals surface area contributed by atoms with Crippen molar-refractivity contribution < 1.29 is 28.4 Å². The Hall–Kier alpha value is -2.76. The number of hydrogen-bond acceptors (Lipinski definition) is 7. The van der Waals surface area contributed by atoms with E-state index in [9.17, 15) is 19.2 Å². The van der Waals surface area contributed by atoms with Gasteiger partial charge >= 0.3 is 5.97 Å². The molecule has 2 aromatic heterocycles. The molecule has 0 atom stereocenters. The zero-order chi connectivity index (χ0) is 26.5. The summed E-state index contributed by atoms with van der Waals surface area (Å²) in [5.74, 6) is -1.11. The fourth-order valence-electron chi connectivity index (χ4n) is 4.50. The van der Waals surface area contributed by atoms with E-state index in [0.717, 1.165) is 36.8 Å². The fraction of sp³-hybridized carbons (Fsp3) is 0.520. The molecular weight excluding hydrogens is 500 g/mol. The Balaban J connectivity index is 1.78. The third kappa shape index (κ3) is 6.51. The lowest BCUT2D eigenvalue weighted by atomic mass is 10.2. The molecule has 36 heavy (non-hydrogen) atoms. The van der Waals surface area contributed by atoms with Crippen LogP contribution in [0, 0.1) is 13.8 Å². The Morgan fingerprint density at radius 2 is 1.33 bits per heavy atom. The molecule has 1 fully saturated rings. The third-order valence-corrected chi connectivity index (χ3v) is 8.59. The van der Waals surface area contributed by atoms with Gasteiger partial charge in [-0.1, -0.05) is 0 Å². The number of nitrogens with zero attached hydrogens (tertiary/aromatic N) is 2. The van der Waals surface area contributed by atoms with Crippen LogP contribution in [0.1, 0.15) is 56.2 Å². The van der Waals surface area contributed by atoms with Gasteiger partial charge in [0.25, 0.3) is 17.7 Å². The minimum absolute atomic E-state index is 0.120.